The van der Waals surface area contributed by atoms with E-state index in [2.05, 4.69) is 105 Å². The fraction of sp³-hybridized carbons (Fsp3) is 0.133. The molecule has 33 heavy (non-hydrogen) atoms. The van der Waals surface area contributed by atoms with Crippen LogP contribution in [0.3, 0.4) is 0 Å². The Balaban J connectivity index is 0.00000130. The summed E-state index contributed by atoms with van der Waals surface area (Å²) < 4.78 is 3.43. The molecule has 2 aliphatic rings. The van der Waals surface area contributed by atoms with E-state index in [0.717, 1.165) is 6.42 Å². The van der Waals surface area contributed by atoms with Crippen molar-refractivity contribution in [3.63, 3.8) is 0 Å². The zero-order chi connectivity index (χ0) is 20.9. The zero-order valence-corrected chi connectivity index (χ0v) is 22.7. The number of hydrogen-bond acceptors (Lipinski definition) is 0. The Morgan fingerprint density at radius 3 is 2.21 bits per heavy atom. The molecule has 3 heteroatoms. The first-order valence-corrected chi connectivity index (χ1v) is 13.5. The standard InChI is InChI=1S/C19H13.C11H11.2ClH.Zr/c1-2-6-14(7-3-1)17-12-16-11-10-15-8-4-5-9-18(15)19(16)13-17;1-8-7-9(2)11-6-4-3-5-10(8)11;;;/h1-11H,13H2;3-6,8H,1-2H3;2*1H;/q;;;;+2/p-2. The molecule has 1 atom stereocenters. The van der Waals surface area contributed by atoms with Gasteiger partial charge in [-0.15, -0.1) is 0 Å². The van der Waals surface area contributed by atoms with Crippen LogP contribution in [0.2, 0.25) is 0 Å². The maximum absolute atomic E-state index is 2.42. The first-order valence-electron chi connectivity index (χ1n) is 11.1. The molecule has 1 unspecified atom stereocenters. The van der Waals surface area contributed by atoms with Gasteiger partial charge in [-0.2, -0.15) is 0 Å². The van der Waals surface area contributed by atoms with Gasteiger partial charge in [-0.1, -0.05) is 0 Å². The first kappa shape index (κ1) is 24.2. The summed E-state index contributed by atoms with van der Waals surface area (Å²) in [6, 6.07) is 33.8. The molecule has 0 saturated carbocycles. The third kappa shape index (κ3) is 3.99. The van der Waals surface area contributed by atoms with Gasteiger partial charge in [0.05, 0.1) is 0 Å². The fourth-order valence-corrected chi connectivity index (χ4v) is 9.61. The molecule has 0 nitrogen and oxygen atoms in total. The average molecular weight is 547 g/mol. The summed E-state index contributed by atoms with van der Waals surface area (Å²) in [5.74, 6) is 0.553. The summed E-state index contributed by atoms with van der Waals surface area (Å²) in [7, 11) is 0. The van der Waals surface area contributed by atoms with Crippen LogP contribution in [-0.2, 0) is 29.7 Å². The monoisotopic (exact) mass is 544 g/mol. The minimum atomic E-state index is -0.966. The Kier molecular flexibility index (Phi) is 7.16. The summed E-state index contributed by atoms with van der Waals surface area (Å²) in [5, 5.41) is 2.79. The van der Waals surface area contributed by atoms with Crippen LogP contribution >= 0.6 is 0 Å². The topological polar surface area (TPSA) is 0 Å². The van der Waals surface area contributed by atoms with Crippen LogP contribution in [0.1, 0.15) is 47.6 Å². The van der Waals surface area contributed by atoms with Gasteiger partial charge in [0, 0.05) is 0 Å². The maximum Gasteiger partial charge on any atom is -1.00 e. The number of rotatable bonds is 3. The summed E-state index contributed by atoms with van der Waals surface area (Å²) >= 11 is -0.966. The molecule has 0 spiro atoms. The van der Waals surface area contributed by atoms with E-state index < -0.39 is 23.2 Å². The molecular weight excluding hydrogens is 522 g/mol. The fourth-order valence-electron chi connectivity index (χ4n) is 5.39. The Hall–Kier alpha value is -1.92. The molecule has 4 aromatic carbocycles. The van der Waals surface area contributed by atoms with Crippen LogP contribution in [0.25, 0.3) is 25.2 Å². The molecule has 2 aliphatic carbocycles. The number of allylic oxidation sites excluding steroid dienone is 3. The third-order valence-electron chi connectivity index (χ3n) is 7.02. The molecule has 0 aliphatic heterocycles. The van der Waals surface area contributed by atoms with Gasteiger partial charge in [0.2, 0.25) is 0 Å². The molecule has 4 aromatic rings. The molecule has 0 heterocycles. The Morgan fingerprint density at radius 2 is 1.42 bits per heavy atom. The van der Waals surface area contributed by atoms with Crippen LogP contribution in [0.5, 0.6) is 0 Å². The average Bonchev–Trinajstić information content (AvgIpc) is 3.31. The van der Waals surface area contributed by atoms with Gasteiger partial charge in [0.1, 0.15) is 0 Å². The van der Waals surface area contributed by atoms with E-state index in [-0.39, 0.29) is 24.8 Å². The summed E-state index contributed by atoms with van der Waals surface area (Å²) in [6.45, 7) is 4.78. The van der Waals surface area contributed by atoms with E-state index in [1.807, 2.05) is 0 Å². The van der Waals surface area contributed by atoms with Crippen LogP contribution < -0.4 is 24.8 Å². The summed E-state index contributed by atoms with van der Waals surface area (Å²) in [5.41, 5.74) is 10.6. The van der Waals surface area contributed by atoms with Crippen molar-refractivity contribution >= 4 is 25.2 Å². The molecule has 0 aromatic heterocycles. The second-order valence-corrected chi connectivity index (χ2v) is 11.8. The second-order valence-electron chi connectivity index (χ2n) is 8.68. The summed E-state index contributed by atoms with van der Waals surface area (Å²) in [6.07, 6.45) is 1.06. The summed E-state index contributed by atoms with van der Waals surface area (Å²) in [4.78, 5) is 0. The second kappa shape index (κ2) is 9.75. The maximum atomic E-state index is 2.42. The molecule has 162 valence electrons. The molecule has 6 rings (SSSR count). The quantitative estimate of drug-likeness (QED) is 0.369. The minimum absolute atomic E-state index is 0. The Bertz CT molecular complexity index is 1400. The van der Waals surface area contributed by atoms with Crippen LogP contribution in [0, 0.1) is 0 Å². The number of benzene rings is 4. The number of halogens is 2. The predicted molar refractivity (Wildman–Crippen MR) is 128 cm³/mol. The Morgan fingerprint density at radius 1 is 0.727 bits per heavy atom. The van der Waals surface area contributed by atoms with E-state index in [9.17, 15) is 0 Å². The third-order valence-corrected chi connectivity index (χ3v) is 11.7. The van der Waals surface area contributed by atoms with E-state index in [4.69, 9.17) is 0 Å². The van der Waals surface area contributed by atoms with Crippen molar-refractivity contribution in [3.05, 3.63) is 122 Å². The number of hydrogen-bond donors (Lipinski definition) is 0. The van der Waals surface area contributed by atoms with Gasteiger partial charge < -0.3 is 24.8 Å². The molecule has 0 N–H and O–H groups in total. The zero-order valence-electron chi connectivity index (χ0n) is 18.7. The van der Waals surface area contributed by atoms with E-state index in [1.54, 1.807) is 17.7 Å². The van der Waals surface area contributed by atoms with Crippen LogP contribution in [-0.4, -0.2) is 0 Å². The Labute approximate surface area is 220 Å². The van der Waals surface area contributed by atoms with Gasteiger partial charge in [-0.3, -0.25) is 0 Å². The molecule has 0 saturated heterocycles. The normalized spacial score (nSPS) is 16.1. The van der Waals surface area contributed by atoms with Crippen LogP contribution in [0.4, 0.5) is 0 Å². The van der Waals surface area contributed by atoms with E-state index in [1.165, 1.54) is 38.6 Å². The first-order chi connectivity index (χ1) is 15.2. The van der Waals surface area contributed by atoms with Crippen molar-refractivity contribution in [3.8, 4) is 0 Å². The van der Waals surface area contributed by atoms with Crippen molar-refractivity contribution in [2.75, 3.05) is 0 Å². The van der Waals surface area contributed by atoms with Crippen molar-refractivity contribution in [1.29, 1.82) is 0 Å². The van der Waals surface area contributed by atoms with E-state index in [0.29, 0.717) is 5.92 Å². The van der Waals surface area contributed by atoms with Crippen molar-refractivity contribution in [2.24, 2.45) is 0 Å². The van der Waals surface area contributed by atoms with Gasteiger partial charge in [-0.25, -0.2) is 0 Å². The van der Waals surface area contributed by atoms with Gasteiger partial charge >= 0.3 is 197 Å². The minimum Gasteiger partial charge on any atom is -1.00 e. The van der Waals surface area contributed by atoms with Crippen LogP contribution in [0.15, 0.2) is 94.3 Å². The molecule has 0 bridgehead atoms. The SMILES string of the molecule is CC1=[C]([Zr+2][C]2=C(c3ccccc3)Cc3c2ccc2ccccc32)C(C)c2ccccc21.[Cl-].[Cl-]. The molecule has 0 amide bonds. The van der Waals surface area contributed by atoms with Gasteiger partial charge in [-0.05, 0) is 0 Å². The predicted octanol–water partition coefficient (Wildman–Crippen LogP) is 1.90. The smallest absolute Gasteiger partial charge is 1.00 e. The van der Waals surface area contributed by atoms with Crippen molar-refractivity contribution < 1.29 is 48.0 Å². The molecular formula is C30H24Cl2Zr. The van der Waals surface area contributed by atoms with Gasteiger partial charge in [0.25, 0.3) is 0 Å². The van der Waals surface area contributed by atoms with Gasteiger partial charge in [0.15, 0.2) is 0 Å². The number of fused-ring (bicyclic) bond motifs is 4. The van der Waals surface area contributed by atoms with Crippen molar-refractivity contribution in [1.82, 2.24) is 0 Å². The largest absolute Gasteiger partial charge is 1.00 e. The van der Waals surface area contributed by atoms with Crippen molar-refractivity contribution in [2.45, 2.75) is 26.2 Å². The van der Waals surface area contributed by atoms with E-state index >= 15 is 0 Å². The molecule has 0 radical (unpaired) electrons. The molecule has 0 fully saturated rings.